The van der Waals surface area contributed by atoms with Crippen LogP contribution < -0.4 is 0 Å². The van der Waals surface area contributed by atoms with Gasteiger partial charge in [0.15, 0.2) is 11.5 Å². The summed E-state index contributed by atoms with van der Waals surface area (Å²) in [6, 6.07) is 3.96. The van der Waals surface area contributed by atoms with E-state index < -0.39 is 0 Å². The molecule has 0 aromatic carbocycles. The van der Waals surface area contributed by atoms with Crippen molar-refractivity contribution in [2.24, 2.45) is 7.05 Å². The first-order valence-corrected chi connectivity index (χ1v) is 5.04. The fraction of sp³-hybridized carbons (Fsp3) is 0.182. The van der Waals surface area contributed by atoms with Gasteiger partial charge in [-0.15, -0.1) is 0 Å². The maximum atomic E-state index is 4.45. The molecule has 3 aromatic heterocycles. The van der Waals surface area contributed by atoms with Crippen LogP contribution in [0.15, 0.2) is 24.7 Å². The highest BCUT2D eigenvalue weighted by Crippen LogP contribution is 2.18. The molecule has 3 heterocycles. The smallest absolute Gasteiger partial charge is 0.178 e. The van der Waals surface area contributed by atoms with Crippen molar-refractivity contribution < 1.29 is 0 Å². The van der Waals surface area contributed by atoms with E-state index in [4.69, 9.17) is 0 Å². The Morgan fingerprint density at radius 1 is 1.25 bits per heavy atom. The monoisotopic (exact) mass is 213 g/mol. The minimum absolute atomic E-state index is 0.746. The van der Waals surface area contributed by atoms with E-state index >= 15 is 0 Å². The molecular formula is C11H11N5. The summed E-state index contributed by atoms with van der Waals surface area (Å²) in [6.07, 6.45) is 3.53. The highest BCUT2D eigenvalue weighted by atomic mass is 15.1. The van der Waals surface area contributed by atoms with Crippen molar-refractivity contribution in [1.29, 1.82) is 0 Å². The predicted molar refractivity (Wildman–Crippen MR) is 60.8 cm³/mol. The zero-order valence-electron chi connectivity index (χ0n) is 9.10. The van der Waals surface area contributed by atoms with Crippen LogP contribution in [-0.2, 0) is 7.05 Å². The normalized spacial score (nSPS) is 11.1. The van der Waals surface area contributed by atoms with E-state index in [2.05, 4.69) is 19.9 Å². The molecule has 0 fully saturated rings. The van der Waals surface area contributed by atoms with Crippen LogP contribution in [0.2, 0.25) is 0 Å². The molecule has 0 amide bonds. The topological polar surface area (TPSA) is 59.4 Å². The summed E-state index contributed by atoms with van der Waals surface area (Å²) in [6.45, 7) is 1.96. The third kappa shape index (κ3) is 1.29. The second kappa shape index (κ2) is 3.16. The Bertz CT molecular complexity index is 649. The molecule has 0 radical (unpaired) electrons. The lowest BCUT2D eigenvalue weighted by Crippen LogP contribution is -1.90. The third-order valence-electron chi connectivity index (χ3n) is 2.54. The Morgan fingerprint density at radius 3 is 2.88 bits per heavy atom. The van der Waals surface area contributed by atoms with Crippen LogP contribution in [-0.4, -0.2) is 24.5 Å². The molecule has 0 spiro atoms. The second-order valence-corrected chi connectivity index (χ2v) is 3.80. The van der Waals surface area contributed by atoms with Crippen LogP contribution in [0.5, 0.6) is 0 Å². The number of pyridine rings is 1. The fourth-order valence-corrected chi connectivity index (χ4v) is 1.69. The molecule has 0 bridgehead atoms. The predicted octanol–water partition coefficient (Wildman–Crippen LogP) is 1.67. The number of imidazole rings is 2. The zero-order valence-corrected chi connectivity index (χ0v) is 9.10. The van der Waals surface area contributed by atoms with Gasteiger partial charge in [-0.05, 0) is 19.1 Å². The molecule has 0 unspecified atom stereocenters. The van der Waals surface area contributed by atoms with Gasteiger partial charge in [0.2, 0.25) is 0 Å². The van der Waals surface area contributed by atoms with Crippen molar-refractivity contribution in [2.75, 3.05) is 0 Å². The van der Waals surface area contributed by atoms with Gasteiger partial charge in [0.25, 0.3) is 0 Å². The summed E-state index contributed by atoms with van der Waals surface area (Å²) in [5.74, 6) is 0.799. The minimum atomic E-state index is 0.746. The first-order chi connectivity index (χ1) is 7.74. The molecule has 5 heteroatoms. The van der Waals surface area contributed by atoms with Crippen molar-refractivity contribution in [3.63, 3.8) is 0 Å². The average Bonchev–Trinajstić information content (AvgIpc) is 2.82. The first kappa shape index (κ1) is 9.08. The van der Waals surface area contributed by atoms with Crippen LogP contribution >= 0.6 is 0 Å². The number of aryl methyl sites for hydroxylation is 2. The van der Waals surface area contributed by atoms with E-state index in [1.54, 1.807) is 12.5 Å². The standard InChI is InChI=1S/C11H11N5/c1-7-3-4-8-10(13-7)15-11(14-8)9-5-12-6-16(9)2/h3-6H,1-2H3,(H,13,14,15). The molecule has 1 N–H and O–H groups in total. The van der Waals surface area contributed by atoms with E-state index in [-0.39, 0.29) is 0 Å². The van der Waals surface area contributed by atoms with Crippen molar-refractivity contribution in [2.45, 2.75) is 6.92 Å². The number of aromatic amines is 1. The van der Waals surface area contributed by atoms with Gasteiger partial charge in [-0.2, -0.15) is 0 Å². The summed E-state index contributed by atoms with van der Waals surface area (Å²) >= 11 is 0. The molecule has 3 aromatic rings. The van der Waals surface area contributed by atoms with Gasteiger partial charge in [-0.25, -0.2) is 15.0 Å². The maximum absolute atomic E-state index is 4.45. The van der Waals surface area contributed by atoms with Gasteiger partial charge >= 0.3 is 0 Å². The quantitative estimate of drug-likeness (QED) is 0.668. The Balaban J connectivity index is 2.23. The molecule has 0 aliphatic rings. The van der Waals surface area contributed by atoms with Crippen molar-refractivity contribution in [3.8, 4) is 11.5 Å². The van der Waals surface area contributed by atoms with Gasteiger partial charge < -0.3 is 9.55 Å². The minimum Gasteiger partial charge on any atom is -0.335 e. The van der Waals surface area contributed by atoms with E-state index in [9.17, 15) is 0 Å². The Kier molecular flexibility index (Phi) is 1.80. The van der Waals surface area contributed by atoms with E-state index in [0.717, 1.165) is 28.4 Å². The number of H-pyrrole nitrogens is 1. The number of nitrogens with zero attached hydrogens (tertiary/aromatic N) is 4. The molecule has 3 rings (SSSR count). The molecule has 16 heavy (non-hydrogen) atoms. The summed E-state index contributed by atoms with van der Waals surface area (Å²) in [5.41, 5.74) is 3.62. The van der Waals surface area contributed by atoms with Gasteiger partial charge in [-0.3, -0.25) is 0 Å². The second-order valence-electron chi connectivity index (χ2n) is 3.80. The summed E-state index contributed by atoms with van der Waals surface area (Å²) < 4.78 is 1.92. The van der Waals surface area contributed by atoms with Crippen molar-refractivity contribution >= 4 is 11.2 Å². The molecule has 0 aliphatic carbocycles. The zero-order chi connectivity index (χ0) is 11.1. The Morgan fingerprint density at radius 2 is 2.12 bits per heavy atom. The van der Waals surface area contributed by atoms with Crippen LogP contribution in [0.25, 0.3) is 22.7 Å². The Hall–Kier alpha value is -2.17. The number of hydrogen-bond donors (Lipinski definition) is 1. The lowest BCUT2D eigenvalue weighted by Gasteiger charge is -1.95. The number of fused-ring (bicyclic) bond motifs is 1. The third-order valence-corrected chi connectivity index (χ3v) is 2.54. The first-order valence-electron chi connectivity index (χ1n) is 5.04. The Labute approximate surface area is 92.2 Å². The van der Waals surface area contributed by atoms with E-state index in [1.165, 1.54) is 0 Å². The molecular weight excluding hydrogens is 202 g/mol. The van der Waals surface area contributed by atoms with Gasteiger partial charge in [0, 0.05) is 12.7 Å². The number of nitrogens with one attached hydrogen (secondary N) is 1. The summed E-state index contributed by atoms with van der Waals surface area (Å²) in [7, 11) is 1.94. The van der Waals surface area contributed by atoms with E-state index in [1.807, 2.05) is 30.7 Å². The van der Waals surface area contributed by atoms with Crippen LogP contribution in [0.1, 0.15) is 5.69 Å². The average molecular weight is 213 g/mol. The van der Waals surface area contributed by atoms with Crippen LogP contribution in [0.3, 0.4) is 0 Å². The summed E-state index contributed by atoms with van der Waals surface area (Å²) in [5, 5.41) is 0. The number of rotatable bonds is 1. The largest absolute Gasteiger partial charge is 0.335 e. The highest BCUT2D eigenvalue weighted by Gasteiger charge is 2.08. The molecule has 0 saturated heterocycles. The molecule has 0 atom stereocenters. The summed E-state index contributed by atoms with van der Waals surface area (Å²) in [4.78, 5) is 16.1. The lowest BCUT2D eigenvalue weighted by atomic mass is 10.3. The van der Waals surface area contributed by atoms with Gasteiger partial charge in [0.1, 0.15) is 5.69 Å². The molecule has 0 aliphatic heterocycles. The van der Waals surface area contributed by atoms with E-state index in [0.29, 0.717) is 0 Å². The molecule has 0 saturated carbocycles. The van der Waals surface area contributed by atoms with Crippen LogP contribution in [0, 0.1) is 6.92 Å². The van der Waals surface area contributed by atoms with Crippen LogP contribution in [0.4, 0.5) is 0 Å². The molecule has 80 valence electrons. The number of hydrogen-bond acceptors (Lipinski definition) is 3. The number of aromatic nitrogens is 5. The van der Waals surface area contributed by atoms with Gasteiger partial charge in [-0.1, -0.05) is 0 Å². The SMILES string of the molecule is Cc1ccc2[nH]c(-c3cncn3C)nc2n1. The molecule has 5 nitrogen and oxygen atoms in total. The van der Waals surface area contributed by atoms with Crippen molar-refractivity contribution in [3.05, 3.63) is 30.4 Å². The van der Waals surface area contributed by atoms with Crippen molar-refractivity contribution in [1.82, 2.24) is 24.5 Å². The fourth-order valence-electron chi connectivity index (χ4n) is 1.69. The lowest BCUT2D eigenvalue weighted by molar-refractivity contribution is 0.913. The van der Waals surface area contributed by atoms with Gasteiger partial charge in [0.05, 0.1) is 18.0 Å². The highest BCUT2D eigenvalue weighted by molar-refractivity contribution is 5.75. The maximum Gasteiger partial charge on any atom is 0.178 e.